The molecule has 2 aromatic heterocycles. The lowest BCUT2D eigenvalue weighted by atomic mass is 10.1. The zero-order valence-corrected chi connectivity index (χ0v) is 19.7. The molecular weight excluding hydrogens is 476 g/mol. The van der Waals surface area contributed by atoms with Gasteiger partial charge in [0.2, 0.25) is 5.13 Å². The SMILES string of the molecule is CC(C)(C)OC(=O)n1cc(Br)c2c(C=NNc3nc(-c4ccccc4)cs3)cccc21. The Kier molecular flexibility index (Phi) is 5.93. The number of aromatic nitrogens is 2. The molecule has 0 atom stereocenters. The quantitative estimate of drug-likeness (QED) is 0.250. The van der Waals surface area contributed by atoms with Gasteiger partial charge in [0.1, 0.15) is 5.60 Å². The molecule has 4 aromatic rings. The molecule has 2 aromatic carbocycles. The van der Waals surface area contributed by atoms with Crippen LogP contribution < -0.4 is 5.43 Å². The summed E-state index contributed by atoms with van der Waals surface area (Å²) in [5.74, 6) is 0. The number of carbonyl (C=O) groups excluding carboxylic acids is 1. The second-order valence-corrected chi connectivity index (χ2v) is 9.56. The van der Waals surface area contributed by atoms with Gasteiger partial charge in [-0.1, -0.05) is 42.5 Å². The summed E-state index contributed by atoms with van der Waals surface area (Å²) < 4.78 is 7.80. The van der Waals surface area contributed by atoms with Gasteiger partial charge in [-0.15, -0.1) is 11.3 Å². The van der Waals surface area contributed by atoms with Crippen molar-refractivity contribution in [3.63, 3.8) is 0 Å². The van der Waals surface area contributed by atoms with Gasteiger partial charge in [-0.3, -0.25) is 9.99 Å². The van der Waals surface area contributed by atoms with Crippen LogP contribution in [-0.4, -0.2) is 27.5 Å². The average molecular weight is 497 g/mol. The van der Waals surface area contributed by atoms with E-state index in [2.05, 4.69) is 31.4 Å². The smallest absolute Gasteiger partial charge is 0.419 e. The maximum atomic E-state index is 12.6. The van der Waals surface area contributed by atoms with Gasteiger partial charge in [0.25, 0.3) is 0 Å². The van der Waals surface area contributed by atoms with Crippen LogP contribution in [-0.2, 0) is 4.74 Å². The molecular formula is C23H21BrN4O2S. The summed E-state index contributed by atoms with van der Waals surface area (Å²) in [5, 5.41) is 7.92. The van der Waals surface area contributed by atoms with Gasteiger partial charge in [0, 0.05) is 32.6 Å². The number of fused-ring (bicyclic) bond motifs is 1. The van der Waals surface area contributed by atoms with Crippen molar-refractivity contribution in [2.45, 2.75) is 26.4 Å². The zero-order chi connectivity index (χ0) is 22.0. The molecule has 4 rings (SSSR count). The number of halogens is 1. The van der Waals surface area contributed by atoms with Crippen LogP contribution in [0.25, 0.3) is 22.2 Å². The van der Waals surface area contributed by atoms with Crippen LogP contribution in [0.3, 0.4) is 0 Å². The molecule has 0 aliphatic heterocycles. The molecule has 0 saturated carbocycles. The van der Waals surface area contributed by atoms with E-state index in [1.54, 1.807) is 12.4 Å². The number of anilines is 1. The minimum absolute atomic E-state index is 0.424. The maximum Gasteiger partial charge on any atom is 0.419 e. The van der Waals surface area contributed by atoms with Crippen LogP contribution in [0, 0.1) is 0 Å². The van der Waals surface area contributed by atoms with Crippen molar-refractivity contribution in [1.82, 2.24) is 9.55 Å². The molecule has 0 bridgehead atoms. The van der Waals surface area contributed by atoms with Gasteiger partial charge in [-0.2, -0.15) is 5.10 Å². The third-order valence-corrected chi connectivity index (χ3v) is 5.69. The van der Waals surface area contributed by atoms with E-state index in [0.29, 0.717) is 5.13 Å². The number of ether oxygens (including phenoxy) is 1. The van der Waals surface area contributed by atoms with Gasteiger partial charge < -0.3 is 4.74 Å². The molecule has 0 amide bonds. The molecule has 158 valence electrons. The third-order valence-electron chi connectivity index (χ3n) is 4.34. The summed E-state index contributed by atoms with van der Waals surface area (Å²) in [4.78, 5) is 17.2. The second kappa shape index (κ2) is 8.64. The summed E-state index contributed by atoms with van der Waals surface area (Å²) in [6, 6.07) is 15.7. The van der Waals surface area contributed by atoms with E-state index < -0.39 is 11.7 Å². The van der Waals surface area contributed by atoms with Gasteiger partial charge in [0.05, 0.1) is 17.4 Å². The van der Waals surface area contributed by atoms with Crippen molar-refractivity contribution >= 4 is 55.6 Å². The summed E-state index contributed by atoms with van der Waals surface area (Å²) in [7, 11) is 0. The zero-order valence-electron chi connectivity index (χ0n) is 17.3. The largest absolute Gasteiger partial charge is 0.443 e. The molecule has 0 spiro atoms. The van der Waals surface area contributed by atoms with Crippen molar-refractivity contribution in [2.24, 2.45) is 5.10 Å². The van der Waals surface area contributed by atoms with Crippen LogP contribution in [0.1, 0.15) is 26.3 Å². The highest BCUT2D eigenvalue weighted by Crippen LogP contribution is 2.30. The molecule has 0 aliphatic rings. The fourth-order valence-corrected chi connectivity index (χ4v) is 4.36. The first-order valence-corrected chi connectivity index (χ1v) is 11.3. The Bertz CT molecular complexity index is 1260. The summed E-state index contributed by atoms with van der Waals surface area (Å²) in [6.07, 6.45) is 3.01. The molecule has 0 radical (unpaired) electrons. The molecule has 0 fully saturated rings. The van der Waals surface area contributed by atoms with E-state index in [9.17, 15) is 4.79 Å². The summed E-state index contributed by atoms with van der Waals surface area (Å²) in [6.45, 7) is 5.53. The number of rotatable bonds is 4. The van der Waals surface area contributed by atoms with Gasteiger partial charge in [0.15, 0.2) is 0 Å². The fourth-order valence-electron chi connectivity index (χ4n) is 3.06. The number of hydrogen-bond acceptors (Lipinski definition) is 6. The number of nitrogens with zero attached hydrogens (tertiary/aromatic N) is 3. The second-order valence-electron chi connectivity index (χ2n) is 7.84. The van der Waals surface area contributed by atoms with E-state index in [4.69, 9.17) is 4.74 Å². The Morgan fingerprint density at radius 3 is 2.71 bits per heavy atom. The summed E-state index contributed by atoms with van der Waals surface area (Å²) in [5.41, 5.74) is 5.99. The highest BCUT2D eigenvalue weighted by Gasteiger charge is 2.21. The number of thiazole rings is 1. The normalized spacial score (nSPS) is 11.9. The van der Waals surface area contributed by atoms with Crippen LogP contribution in [0.5, 0.6) is 0 Å². The number of hydrazone groups is 1. The lowest BCUT2D eigenvalue weighted by Crippen LogP contribution is -2.26. The average Bonchev–Trinajstić information content (AvgIpc) is 3.33. The number of hydrogen-bond donors (Lipinski definition) is 1. The summed E-state index contributed by atoms with van der Waals surface area (Å²) >= 11 is 5.05. The van der Waals surface area contributed by atoms with E-state index >= 15 is 0 Å². The Balaban J connectivity index is 1.56. The third kappa shape index (κ3) is 4.86. The molecule has 8 heteroatoms. The molecule has 6 nitrogen and oxygen atoms in total. The van der Waals surface area contributed by atoms with Crippen LogP contribution in [0.4, 0.5) is 9.93 Å². The van der Waals surface area contributed by atoms with Crippen LogP contribution in [0.2, 0.25) is 0 Å². The fraction of sp³-hybridized carbons (Fsp3) is 0.174. The van der Waals surface area contributed by atoms with Crippen LogP contribution in [0.15, 0.2) is 69.7 Å². The Morgan fingerprint density at radius 2 is 1.97 bits per heavy atom. The van der Waals surface area contributed by atoms with Crippen molar-refractivity contribution in [3.05, 3.63) is 70.1 Å². The lowest BCUT2D eigenvalue weighted by molar-refractivity contribution is 0.0544. The van der Waals surface area contributed by atoms with E-state index in [1.165, 1.54) is 15.9 Å². The molecule has 2 heterocycles. The highest BCUT2D eigenvalue weighted by atomic mass is 79.9. The first kappa shape index (κ1) is 21.3. The number of nitrogens with one attached hydrogen (secondary N) is 1. The first-order valence-electron chi connectivity index (χ1n) is 9.65. The van der Waals surface area contributed by atoms with Gasteiger partial charge in [-0.05, 0) is 42.8 Å². The Labute approximate surface area is 192 Å². The van der Waals surface area contributed by atoms with Crippen LogP contribution >= 0.6 is 27.3 Å². The Hall–Kier alpha value is -2.97. The molecule has 0 unspecified atom stereocenters. The highest BCUT2D eigenvalue weighted by molar-refractivity contribution is 9.10. The predicted molar refractivity (Wildman–Crippen MR) is 130 cm³/mol. The van der Waals surface area contributed by atoms with Gasteiger partial charge >= 0.3 is 6.09 Å². The molecule has 1 N–H and O–H groups in total. The maximum absolute atomic E-state index is 12.6. The standard InChI is InChI=1S/C23H21BrN4O2S/c1-23(2,3)30-22(29)28-13-17(24)20-16(10-7-11-19(20)28)12-25-27-21-26-18(14-31-21)15-8-5-4-6-9-15/h4-14H,1-3H3,(H,26,27). The van der Waals surface area contributed by atoms with Gasteiger partial charge in [-0.25, -0.2) is 9.78 Å². The lowest BCUT2D eigenvalue weighted by Gasteiger charge is -2.19. The number of benzene rings is 2. The van der Waals surface area contributed by atoms with E-state index in [-0.39, 0.29) is 0 Å². The Morgan fingerprint density at radius 1 is 1.19 bits per heavy atom. The minimum Gasteiger partial charge on any atom is -0.443 e. The van der Waals surface area contributed by atoms with Crippen molar-refractivity contribution in [2.75, 3.05) is 5.43 Å². The monoisotopic (exact) mass is 496 g/mol. The molecule has 0 saturated heterocycles. The topological polar surface area (TPSA) is 68.5 Å². The minimum atomic E-state index is -0.574. The number of carbonyl (C=O) groups is 1. The predicted octanol–water partition coefficient (Wildman–Crippen LogP) is 6.76. The molecule has 31 heavy (non-hydrogen) atoms. The first-order chi connectivity index (χ1) is 14.8. The van der Waals surface area contributed by atoms with Crippen molar-refractivity contribution in [1.29, 1.82) is 0 Å². The van der Waals surface area contributed by atoms with E-state index in [1.807, 2.05) is 74.7 Å². The van der Waals surface area contributed by atoms with Crippen molar-refractivity contribution in [3.8, 4) is 11.3 Å². The van der Waals surface area contributed by atoms with E-state index in [0.717, 1.165) is 32.2 Å². The van der Waals surface area contributed by atoms with Crippen molar-refractivity contribution < 1.29 is 9.53 Å². The molecule has 0 aliphatic carbocycles.